The first kappa shape index (κ1) is 17.4. The highest BCUT2D eigenvalue weighted by molar-refractivity contribution is 5.92. The smallest absolute Gasteiger partial charge is 0.269 e. The SMILES string of the molecule is C[C@@H]1CN(CCCCNC(=O)c2ccc(C#N)cn2)C[C@@H](C)O1. The molecule has 1 fully saturated rings. The molecule has 1 aromatic rings. The maximum Gasteiger partial charge on any atom is 0.269 e. The van der Waals surface area contributed by atoms with Crippen molar-refractivity contribution in [2.24, 2.45) is 0 Å². The topological polar surface area (TPSA) is 78.3 Å². The van der Waals surface area contributed by atoms with Gasteiger partial charge in [-0.05, 0) is 45.4 Å². The van der Waals surface area contributed by atoms with E-state index < -0.39 is 0 Å². The zero-order valence-corrected chi connectivity index (χ0v) is 13.8. The zero-order chi connectivity index (χ0) is 16.7. The minimum absolute atomic E-state index is 0.192. The van der Waals surface area contributed by atoms with Gasteiger partial charge in [0, 0.05) is 25.8 Å². The summed E-state index contributed by atoms with van der Waals surface area (Å²) in [6.45, 7) is 7.83. The second-order valence-electron chi connectivity index (χ2n) is 6.02. The van der Waals surface area contributed by atoms with Gasteiger partial charge in [-0.1, -0.05) is 0 Å². The Balaban J connectivity index is 1.63. The lowest BCUT2D eigenvalue weighted by Gasteiger charge is -2.35. The quantitative estimate of drug-likeness (QED) is 0.806. The molecule has 1 aliphatic heterocycles. The Labute approximate surface area is 137 Å². The fraction of sp³-hybridized carbons (Fsp3) is 0.588. The van der Waals surface area contributed by atoms with Crippen molar-refractivity contribution in [1.29, 1.82) is 5.26 Å². The van der Waals surface area contributed by atoms with Crippen LogP contribution in [0.25, 0.3) is 0 Å². The molecule has 23 heavy (non-hydrogen) atoms. The number of hydrogen-bond donors (Lipinski definition) is 1. The number of carbonyl (C=O) groups excluding carboxylic acids is 1. The number of nitrogens with zero attached hydrogens (tertiary/aromatic N) is 3. The van der Waals surface area contributed by atoms with Gasteiger partial charge in [0.05, 0.1) is 17.8 Å². The molecule has 6 heteroatoms. The van der Waals surface area contributed by atoms with Crippen molar-refractivity contribution < 1.29 is 9.53 Å². The van der Waals surface area contributed by atoms with Crippen LogP contribution in [0.1, 0.15) is 42.7 Å². The lowest BCUT2D eigenvalue weighted by molar-refractivity contribution is -0.0681. The third kappa shape index (κ3) is 5.62. The molecule has 0 aliphatic carbocycles. The van der Waals surface area contributed by atoms with Gasteiger partial charge in [0.2, 0.25) is 0 Å². The summed E-state index contributed by atoms with van der Waals surface area (Å²) in [5.41, 5.74) is 0.801. The highest BCUT2D eigenvalue weighted by atomic mass is 16.5. The predicted octanol–water partition coefficient (Wildman–Crippen LogP) is 1.57. The summed E-state index contributed by atoms with van der Waals surface area (Å²) in [7, 11) is 0. The average Bonchev–Trinajstić information content (AvgIpc) is 2.53. The second-order valence-corrected chi connectivity index (χ2v) is 6.02. The number of carbonyl (C=O) groups is 1. The molecule has 1 aromatic heterocycles. The largest absolute Gasteiger partial charge is 0.373 e. The van der Waals surface area contributed by atoms with E-state index in [2.05, 4.69) is 29.0 Å². The molecule has 0 unspecified atom stereocenters. The van der Waals surface area contributed by atoms with Crippen LogP contribution >= 0.6 is 0 Å². The Kier molecular flexibility index (Phi) is 6.51. The monoisotopic (exact) mass is 316 g/mol. The van der Waals surface area contributed by atoms with Gasteiger partial charge in [-0.15, -0.1) is 0 Å². The van der Waals surface area contributed by atoms with Crippen LogP contribution in [-0.2, 0) is 4.74 Å². The van der Waals surface area contributed by atoms with Gasteiger partial charge in [-0.2, -0.15) is 5.26 Å². The van der Waals surface area contributed by atoms with E-state index in [-0.39, 0.29) is 5.91 Å². The van der Waals surface area contributed by atoms with E-state index in [1.165, 1.54) is 6.20 Å². The molecule has 1 saturated heterocycles. The van der Waals surface area contributed by atoms with Crippen LogP contribution in [0.4, 0.5) is 0 Å². The number of nitriles is 1. The van der Waals surface area contributed by atoms with E-state index in [0.29, 0.717) is 30.0 Å². The molecule has 1 aliphatic rings. The Morgan fingerprint density at radius 1 is 1.39 bits per heavy atom. The highest BCUT2D eigenvalue weighted by Gasteiger charge is 2.21. The van der Waals surface area contributed by atoms with E-state index in [4.69, 9.17) is 10.00 Å². The molecule has 0 aromatic carbocycles. The number of ether oxygens (including phenoxy) is 1. The highest BCUT2D eigenvalue weighted by Crippen LogP contribution is 2.11. The first-order valence-electron chi connectivity index (χ1n) is 8.10. The van der Waals surface area contributed by atoms with Crippen LogP contribution in [0.2, 0.25) is 0 Å². The third-order valence-corrected chi connectivity index (χ3v) is 3.81. The number of morpholine rings is 1. The number of hydrogen-bond acceptors (Lipinski definition) is 5. The Hall–Kier alpha value is -1.97. The maximum atomic E-state index is 11.9. The first-order valence-corrected chi connectivity index (χ1v) is 8.10. The van der Waals surface area contributed by atoms with Crippen LogP contribution in [-0.4, -0.2) is 54.2 Å². The number of pyridine rings is 1. The molecule has 2 heterocycles. The van der Waals surface area contributed by atoms with Crippen molar-refractivity contribution in [3.8, 4) is 6.07 Å². The molecule has 124 valence electrons. The van der Waals surface area contributed by atoms with Gasteiger partial charge in [-0.25, -0.2) is 4.98 Å². The van der Waals surface area contributed by atoms with Gasteiger partial charge in [0.1, 0.15) is 11.8 Å². The molecular weight excluding hydrogens is 292 g/mol. The predicted molar refractivity (Wildman–Crippen MR) is 87.0 cm³/mol. The molecule has 2 atom stereocenters. The summed E-state index contributed by atoms with van der Waals surface area (Å²) in [5, 5.41) is 11.6. The fourth-order valence-corrected chi connectivity index (χ4v) is 2.81. The summed E-state index contributed by atoms with van der Waals surface area (Å²) < 4.78 is 5.72. The normalized spacial score (nSPS) is 21.6. The van der Waals surface area contributed by atoms with Crippen molar-refractivity contribution in [3.63, 3.8) is 0 Å². The van der Waals surface area contributed by atoms with Crippen LogP contribution in [0, 0.1) is 11.3 Å². The number of unbranched alkanes of at least 4 members (excludes halogenated alkanes) is 1. The van der Waals surface area contributed by atoms with E-state index in [9.17, 15) is 4.79 Å². The number of rotatable bonds is 6. The lowest BCUT2D eigenvalue weighted by atomic mass is 10.2. The molecular formula is C17H24N4O2. The summed E-state index contributed by atoms with van der Waals surface area (Å²) in [6.07, 6.45) is 3.97. The Morgan fingerprint density at radius 2 is 2.13 bits per heavy atom. The molecule has 0 bridgehead atoms. The number of nitrogens with one attached hydrogen (secondary N) is 1. The number of aromatic nitrogens is 1. The molecule has 0 spiro atoms. The van der Waals surface area contributed by atoms with Gasteiger partial charge >= 0.3 is 0 Å². The van der Waals surface area contributed by atoms with Crippen molar-refractivity contribution in [3.05, 3.63) is 29.6 Å². The van der Waals surface area contributed by atoms with Crippen molar-refractivity contribution >= 4 is 5.91 Å². The average molecular weight is 316 g/mol. The van der Waals surface area contributed by atoms with Crippen LogP contribution in [0.15, 0.2) is 18.3 Å². The third-order valence-electron chi connectivity index (χ3n) is 3.81. The van der Waals surface area contributed by atoms with Gasteiger partial charge < -0.3 is 10.1 Å². The maximum absolute atomic E-state index is 11.9. The van der Waals surface area contributed by atoms with Crippen molar-refractivity contribution in [1.82, 2.24) is 15.2 Å². The fourth-order valence-electron chi connectivity index (χ4n) is 2.81. The van der Waals surface area contributed by atoms with Crippen LogP contribution in [0.3, 0.4) is 0 Å². The van der Waals surface area contributed by atoms with E-state index in [1.807, 2.05) is 6.07 Å². The minimum Gasteiger partial charge on any atom is -0.373 e. The first-order chi connectivity index (χ1) is 11.1. The second kappa shape index (κ2) is 8.61. The zero-order valence-electron chi connectivity index (χ0n) is 13.8. The Morgan fingerprint density at radius 3 is 2.74 bits per heavy atom. The van der Waals surface area contributed by atoms with Gasteiger partial charge in [0.25, 0.3) is 5.91 Å². The molecule has 0 saturated carbocycles. The molecule has 0 radical (unpaired) electrons. The van der Waals surface area contributed by atoms with E-state index >= 15 is 0 Å². The summed E-state index contributed by atoms with van der Waals surface area (Å²) in [4.78, 5) is 18.3. The van der Waals surface area contributed by atoms with E-state index in [1.54, 1.807) is 12.1 Å². The van der Waals surface area contributed by atoms with Gasteiger partial charge in [0.15, 0.2) is 0 Å². The summed E-state index contributed by atoms with van der Waals surface area (Å²) in [6, 6.07) is 5.16. The number of amides is 1. The van der Waals surface area contributed by atoms with Crippen LogP contribution < -0.4 is 5.32 Å². The van der Waals surface area contributed by atoms with Crippen molar-refractivity contribution in [2.45, 2.75) is 38.9 Å². The summed E-state index contributed by atoms with van der Waals surface area (Å²) in [5.74, 6) is -0.192. The van der Waals surface area contributed by atoms with Gasteiger partial charge in [-0.3, -0.25) is 9.69 Å². The van der Waals surface area contributed by atoms with Crippen molar-refractivity contribution in [2.75, 3.05) is 26.2 Å². The summed E-state index contributed by atoms with van der Waals surface area (Å²) >= 11 is 0. The van der Waals surface area contributed by atoms with E-state index in [0.717, 1.165) is 32.5 Å². The lowest BCUT2D eigenvalue weighted by Crippen LogP contribution is -2.45. The molecule has 6 nitrogen and oxygen atoms in total. The van der Waals surface area contributed by atoms with Crippen LogP contribution in [0.5, 0.6) is 0 Å². The molecule has 1 N–H and O–H groups in total. The minimum atomic E-state index is -0.192. The molecule has 1 amide bonds. The standard InChI is InChI=1S/C17H24N4O2/c1-13-11-21(12-14(2)23-13)8-4-3-7-19-17(22)16-6-5-15(9-18)10-20-16/h5-6,10,13-14H,3-4,7-8,11-12H2,1-2H3,(H,19,22)/t13-,14-/m1/s1. The Bertz CT molecular complexity index is 543. The molecule has 2 rings (SSSR count).